The molecule has 2 aliphatic rings. The zero-order valence-corrected chi connectivity index (χ0v) is 20.6. The molecule has 2 rings (SSSR count). The lowest BCUT2D eigenvalue weighted by atomic mass is 10.2. The fraction of sp³-hybridized carbons (Fsp3) is 0.882. The Kier molecular flexibility index (Phi) is 9.26. The number of piperazine rings is 1. The van der Waals surface area contributed by atoms with Gasteiger partial charge in [-0.05, 0) is 27.2 Å². The standard InChI is InChI=1S/C17H33N5O4S.HI/c1-6-21(27(5,24)25)9-7-8-18-15-19-12-14-13-20(10-11-22(14)15)16(23)26-17(2,3)4;/h14H,6-13H2,1-5H3,(H,18,19);1H. The van der Waals surface area contributed by atoms with Crippen molar-refractivity contribution in [1.82, 2.24) is 19.4 Å². The number of nitrogens with one attached hydrogen (secondary N) is 1. The third kappa shape index (κ3) is 7.21. The van der Waals surface area contributed by atoms with Crippen molar-refractivity contribution in [1.29, 1.82) is 0 Å². The summed E-state index contributed by atoms with van der Waals surface area (Å²) in [6.45, 7) is 11.6. The maximum absolute atomic E-state index is 12.2. The van der Waals surface area contributed by atoms with Crippen molar-refractivity contribution in [3.8, 4) is 0 Å². The Balaban J connectivity index is 0.00000392. The first kappa shape index (κ1) is 25.2. The van der Waals surface area contributed by atoms with Gasteiger partial charge in [-0.15, -0.1) is 24.0 Å². The van der Waals surface area contributed by atoms with Gasteiger partial charge in [-0.25, -0.2) is 17.5 Å². The first-order valence-corrected chi connectivity index (χ1v) is 11.3. The summed E-state index contributed by atoms with van der Waals surface area (Å²) in [5.41, 5.74) is -0.495. The molecule has 9 nitrogen and oxygen atoms in total. The van der Waals surface area contributed by atoms with E-state index in [2.05, 4.69) is 15.2 Å². The summed E-state index contributed by atoms with van der Waals surface area (Å²) in [7, 11) is -3.15. The van der Waals surface area contributed by atoms with E-state index in [0.29, 0.717) is 52.2 Å². The molecule has 0 saturated carbocycles. The van der Waals surface area contributed by atoms with E-state index < -0.39 is 15.6 Å². The predicted molar refractivity (Wildman–Crippen MR) is 121 cm³/mol. The topological polar surface area (TPSA) is 94.6 Å². The molecule has 0 aliphatic carbocycles. The van der Waals surface area contributed by atoms with Crippen LogP contribution in [0, 0.1) is 0 Å². The lowest BCUT2D eigenvalue weighted by Crippen LogP contribution is -2.57. The highest BCUT2D eigenvalue weighted by atomic mass is 127. The molecule has 0 aromatic heterocycles. The minimum absolute atomic E-state index is 0. The van der Waals surface area contributed by atoms with Gasteiger partial charge >= 0.3 is 6.09 Å². The van der Waals surface area contributed by atoms with Crippen LogP contribution < -0.4 is 5.32 Å². The molecule has 0 aromatic carbocycles. The normalized spacial score (nSPS) is 19.8. The molecule has 2 heterocycles. The summed E-state index contributed by atoms with van der Waals surface area (Å²) >= 11 is 0. The third-order valence-corrected chi connectivity index (χ3v) is 5.93. The molecule has 1 atom stereocenters. The molecular weight excluding hydrogens is 497 g/mol. The van der Waals surface area contributed by atoms with Crippen molar-refractivity contribution in [2.24, 2.45) is 4.99 Å². The average molecular weight is 531 g/mol. The first-order valence-electron chi connectivity index (χ1n) is 9.49. The number of nitrogens with zero attached hydrogens (tertiary/aromatic N) is 4. The van der Waals surface area contributed by atoms with Gasteiger partial charge in [-0.2, -0.15) is 0 Å². The highest BCUT2D eigenvalue weighted by molar-refractivity contribution is 14.0. The lowest BCUT2D eigenvalue weighted by Gasteiger charge is -2.39. The van der Waals surface area contributed by atoms with Gasteiger partial charge in [-0.1, -0.05) is 6.92 Å². The minimum atomic E-state index is -3.15. The summed E-state index contributed by atoms with van der Waals surface area (Å²) in [5.74, 6) is 0.839. The van der Waals surface area contributed by atoms with E-state index in [4.69, 9.17) is 4.74 Å². The number of amides is 1. The van der Waals surface area contributed by atoms with Crippen molar-refractivity contribution in [3.05, 3.63) is 0 Å². The summed E-state index contributed by atoms with van der Waals surface area (Å²) < 4.78 is 30.1. The zero-order valence-electron chi connectivity index (χ0n) is 17.5. The zero-order chi connectivity index (χ0) is 20.2. The molecule has 1 N–H and O–H groups in total. The number of guanidine groups is 1. The maximum atomic E-state index is 12.2. The van der Waals surface area contributed by atoms with Gasteiger partial charge < -0.3 is 19.9 Å². The maximum Gasteiger partial charge on any atom is 0.410 e. The molecule has 0 radical (unpaired) electrons. The molecule has 11 heteroatoms. The van der Waals surface area contributed by atoms with E-state index in [0.717, 1.165) is 5.96 Å². The van der Waals surface area contributed by atoms with Crippen molar-refractivity contribution >= 4 is 46.1 Å². The van der Waals surface area contributed by atoms with Crippen LogP contribution in [-0.4, -0.2) is 98.3 Å². The molecule has 164 valence electrons. The second-order valence-electron chi connectivity index (χ2n) is 7.97. The number of ether oxygens (including phenoxy) is 1. The molecule has 0 bridgehead atoms. The number of aliphatic imine (C=N–C) groups is 1. The number of carbonyl (C=O) groups excluding carboxylic acids is 1. The SMILES string of the molecule is CCN(CCCNC1=NCC2CN(C(=O)OC(C)(C)C)CCN12)S(C)(=O)=O.I. The van der Waals surface area contributed by atoms with Gasteiger partial charge in [0.2, 0.25) is 10.0 Å². The molecule has 0 aromatic rings. The molecule has 1 fully saturated rings. The molecule has 28 heavy (non-hydrogen) atoms. The second-order valence-corrected chi connectivity index (χ2v) is 9.96. The first-order chi connectivity index (χ1) is 12.5. The summed E-state index contributed by atoms with van der Waals surface area (Å²) in [4.78, 5) is 20.7. The quantitative estimate of drug-likeness (QED) is 0.409. The van der Waals surface area contributed by atoms with E-state index in [-0.39, 0.29) is 36.1 Å². The highest BCUT2D eigenvalue weighted by Crippen LogP contribution is 2.18. The van der Waals surface area contributed by atoms with E-state index >= 15 is 0 Å². The van der Waals surface area contributed by atoms with Crippen molar-refractivity contribution in [2.45, 2.75) is 45.8 Å². The van der Waals surface area contributed by atoms with Crippen LogP contribution in [0.15, 0.2) is 4.99 Å². The van der Waals surface area contributed by atoms with E-state index in [1.54, 1.807) is 4.90 Å². The number of halogens is 1. The number of rotatable bonds is 6. The van der Waals surface area contributed by atoms with Crippen LogP contribution in [0.2, 0.25) is 0 Å². The van der Waals surface area contributed by atoms with Crippen LogP contribution in [0.1, 0.15) is 34.1 Å². The number of hydrogen-bond donors (Lipinski definition) is 1. The molecule has 1 amide bonds. The van der Waals surface area contributed by atoms with Crippen molar-refractivity contribution in [2.75, 3.05) is 52.1 Å². The Morgan fingerprint density at radius 1 is 1.36 bits per heavy atom. The lowest BCUT2D eigenvalue weighted by molar-refractivity contribution is 0.0137. The Bertz CT molecular complexity index is 665. The fourth-order valence-corrected chi connectivity index (χ4v) is 4.17. The molecule has 2 aliphatic heterocycles. The van der Waals surface area contributed by atoms with Crippen LogP contribution >= 0.6 is 24.0 Å². The predicted octanol–water partition coefficient (Wildman–Crippen LogP) is 1.16. The van der Waals surface area contributed by atoms with Gasteiger partial charge in [0.25, 0.3) is 0 Å². The van der Waals surface area contributed by atoms with Gasteiger partial charge in [0.1, 0.15) is 5.60 Å². The van der Waals surface area contributed by atoms with Gasteiger partial charge in [0.05, 0.1) is 18.8 Å². The summed E-state index contributed by atoms with van der Waals surface area (Å²) in [6.07, 6.45) is 1.67. The molecule has 1 unspecified atom stereocenters. The molecule has 1 saturated heterocycles. The van der Waals surface area contributed by atoms with Gasteiger partial charge in [0, 0.05) is 39.3 Å². The Labute approximate surface area is 185 Å². The Morgan fingerprint density at radius 3 is 2.61 bits per heavy atom. The number of sulfonamides is 1. The average Bonchev–Trinajstić information content (AvgIpc) is 2.94. The van der Waals surface area contributed by atoms with Crippen LogP contribution in [0.5, 0.6) is 0 Å². The Hall–Kier alpha value is -0.820. The minimum Gasteiger partial charge on any atom is -0.444 e. The highest BCUT2D eigenvalue weighted by Gasteiger charge is 2.36. The van der Waals surface area contributed by atoms with Crippen LogP contribution in [0.3, 0.4) is 0 Å². The van der Waals surface area contributed by atoms with Gasteiger partial charge in [-0.3, -0.25) is 4.99 Å². The molecular formula is C17H34IN5O4S. The van der Waals surface area contributed by atoms with E-state index in [1.807, 2.05) is 27.7 Å². The number of hydrogen-bond acceptors (Lipinski definition) is 7. The van der Waals surface area contributed by atoms with Crippen LogP contribution in [0.25, 0.3) is 0 Å². The number of carbonyl (C=O) groups is 1. The number of fused-ring (bicyclic) bond motifs is 1. The largest absolute Gasteiger partial charge is 0.444 e. The monoisotopic (exact) mass is 531 g/mol. The smallest absolute Gasteiger partial charge is 0.410 e. The van der Waals surface area contributed by atoms with Crippen molar-refractivity contribution in [3.63, 3.8) is 0 Å². The van der Waals surface area contributed by atoms with Crippen LogP contribution in [-0.2, 0) is 14.8 Å². The van der Waals surface area contributed by atoms with Crippen molar-refractivity contribution < 1.29 is 17.9 Å². The third-order valence-electron chi connectivity index (χ3n) is 4.55. The summed E-state index contributed by atoms with van der Waals surface area (Å²) in [6, 6.07) is 0.164. The van der Waals surface area contributed by atoms with Crippen LogP contribution in [0.4, 0.5) is 4.79 Å². The van der Waals surface area contributed by atoms with E-state index in [1.165, 1.54) is 10.6 Å². The Morgan fingerprint density at radius 2 is 2.04 bits per heavy atom. The summed E-state index contributed by atoms with van der Waals surface area (Å²) in [5, 5.41) is 3.31. The fourth-order valence-electron chi connectivity index (χ4n) is 3.24. The van der Waals surface area contributed by atoms with Gasteiger partial charge in [0.15, 0.2) is 5.96 Å². The van der Waals surface area contributed by atoms with E-state index in [9.17, 15) is 13.2 Å². The molecule has 0 spiro atoms. The second kappa shape index (κ2) is 10.3.